The molecule has 1 N–H and O–H groups in total. The maximum atomic E-state index is 13.4. The van der Waals surface area contributed by atoms with Gasteiger partial charge in [-0.2, -0.15) is 4.31 Å². The maximum Gasteiger partial charge on any atom is 0.251 e. The van der Waals surface area contributed by atoms with Crippen molar-refractivity contribution in [3.63, 3.8) is 0 Å². The van der Waals surface area contributed by atoms with Crippen LogP contribution in [0, 0.1) is 29.5 Å². The number of nitrogens with zero attached hydrogens (tertiary/aromatic N) is 3. The Morgan fingerprint density at radius 1 is 1.08 bits per heavy atom. The van der Waals surface area contributed by atoms with Crippen LogP contribution in [0.4, 0.5) is 4.39 Å². The molecule has 0 unspecified atom stereocenters. The van der Waals surface area contributed by atoms with E-state index >= 15 is 0 Å². The predicted molar refractivity (Wildman–Crippen MR) is 142 cm³/mol. The van der Waals surface area contributed by atoms with Crippen LogP contribution in [0.25, 0.3) is 5.65 Å². The Hall–Kier alpha value is -4.00. The molecule has 0 bridgehead atoms. The first-order valence-electron chi connectivity index (χ1n) is 12.3. The second-order valence-electron chi connectivity index (χ2n) is 9.70. The standard InChI is InChI=1S/C29H27FN4O3S/c1-20(2)25-18-34(19-25)38(36,37)27-10-7-24(16-23(27)6-3-21-4-8-26(30)9-5-21)29(35)32-17-22-11-13-33-14-12-31-28(33)15-22/h4-5,7-16,20,25H,17-19H2,1-2H3,(H,32,35). The number of rotatable bonds is 6. The molecule has 0 saturated carbocycles. The van der Waals surface area contributed by atoms with E-state index < -0.39 is 10.0 Å². The summed E-state index contributed by atoms with van der Waals surface area (Å²) < 4.78 is 43.5. The van der Waals surface area contributed by atoms with Crippen molar-refractivity contribution in [2.45, 2.75) is 25.3 Å². The highest BCUT2D eigenvalue weighted by molar-refractivity contribution is 7.89. The highest BCUT2D eigenvalue weighted by atomic mass is 32.2. The molecule has 0 aliphatic carbocycles. The van der Waals surface area contributed by atoms with Crippen LogP contribution in [0.2, 0.25) is 0 Å². The van der Waals surface area contributed by atoms with Gasteiger partial charge >= 0.3 is 0 Å². The van der Waals surface area contributed by atoms with E-state index in [0.717, 1.165) is 11.2 Å². The van der Waals surface area contributed by atoms with Crippen LogP contribution in [0.5, 0.6) is 0 Å². The molecule has 0 spiro atoms. The number of pyridine rings is 1. The van der Waals surface area contributed by atoms with Gasteiger partial charge in [0.1, 0.15) is 11.5 Å². The minimum atomic E-state index is -3.79. The molecule has 4 aromatic rings. The number of hydrogen-bond acceptors (Lipinski definition) is 4. The molecule has 2 aromatic carbocycles. The highest BCUT2D eigenvalue weighted by Crippen LogP contribution is 2.31. The van der Waals surface area contributed by atoms with Gasteiger partial charge in [-0.25, -0.2) is 17.8 Å². The first-order chi connectivity index (χ1) is 18.2. The van der Waals surface area contributed by atoms with Crippen LogP contribution in [0.15, 0.2) is 78.1 Å². The summed E-state index contributed by atoms with van der Waals surface area (Å²) in [7, 11) is -3.79. The number of sulfonamides is 1. The zero-order valence-corrected chi connectivity index (χ0v) is 21.9. The van der Waals surface area contributed by atoms with E-state index in [4.69, 9.17) is 0 Å². The van der Waals surface area contributed by atoms with Crippen LogP contribution < -0.4 is 5.32 Å². The van der Waals surface area contributed by atoms with Gasteiger partial charge in [-0.15, -0.1) is 0 Å². The number of carbonyl (C=O) groups is 1. The molecular weight excluding hydrogens is 503 g/mol. The first kappa shape index (κ1) is 25.6. The SMILES string of the molecule is CC(C)C1CN(S(=O)(=O)c2ccc(C(=O)NCc3ccn4ccnc4c3)cc2C#Cc2ccc(F)cc2)C1. The van der Waals surface area contributed by atoms with E-state index in [1.807, 2.05) is 28.9 Å². The van der Waals surface area contributed by atoms with Crippen LogP contribution in [-0.2, 0) is 16.6 Å². The fraction of sp³-hybridized carbons (Fsp3) is 0.241. The molecule has 1 aliphatic rings. The van der Waals surface area contributed by atoms with Gasteiger partial charge in [0.05, 0.1) is 4.90 Å². The summed E-state index contributed by atoms with van der Waals surface area (Å²) in [6.45, 7) is 5.34. The van der Waals surface area contributed by atoms with Gasteiger partial charge in [-0.05, 0) is 72.0 Å². The van der Waals surface area contributed by atoms with Crippen molar-refractivity contribution < 1.29 is 17.6 Å². The van der Waals surface area contributed by atoms with E-state index in [9.17, 15) is 17.6 Å². The van der Waals surface area contributed by atoms with Gasteiger partial charge in [-0.1, -0.05) is 25.7 Å². The molecule has 2 aromatic heterocycles. The number of imidazole rings is 1. The van der Waals surface area contributed by atoms with Crippen molar-refractivity contribution in [2.24, 2.45) is 11.8 Å². The molecule has 1 aliphatic heterocycles. The molecule has 3 heterocycles. The largest absolute Gasteiger partial charge is 0.348 e. The van der Waals surface area contributed by atoms with E-state index in [0.29, 0.717) is 30.5 Å². The topological polar surface area (TPSA) is 83.8 Å². The van der Waals surface area contributed by atoms with Gasteiger partial charge in [0.25, 0.3) is 5.91 Å². The predicted octanol–water partition coefficient (Wildman–Crippen LogP) is 4.08. The van der Waals surface area contributed by atoms with Gasteiger partial charge in [-0.3, -0.25) is 4.79 Å². The van der Waals surface area contributed by atoms with Crippen molar-refractivity contribution in [1.82, 2.24) is 19.0 Å². The van der Waals surface area contributed by atoms with Crippen molar-refractivity contribution in [3.8, 4) is 11.8 Å². The molecule has 0 radical (unpaired) electrons. The maximum absolute atomic E-state index is 13.4. The number of hydrogen-bond donors (Lipinski definition) is 1. The minimum Gasteiger partial charge on any atom is -0.348 e. The third-order valence-electron chi connectivity index (χ3n) is 6.78. The zero-order valence-electron chi connectivity index (χ0n) is 21.1. The van der Waals surface area contributed by atoms with Crippen LogP contribution in [-0.4, -0.2) is 41.1 Å². The fourth-order valence-corrected chi connectivity index (χ4v) is 5.92. The monoisotopic (exact) mass is 530 g/mol. The number of aromatic nitrogens is 2. The molecule has 194 valence electrons. The third kappa shape index (κ3) is 5.32. The van der Waals surface area contributed by atoms with E-state index in [-0.39, 0.29) is 34.3 Å². The second-order valence-corrected chi connectivity index (χ2v) is 11.6. The summed E-state index contributed by atoms with van der Waals surface area (Å²) in [5, 5.41) is 2.88. The second kappa shape index (κ2) is 10.4. The molecule has 9 heteroatoms. The van der Waals surface area contributed by atoms with Crippen LogP contribution in [0.3, 0.4) is 0 Å². The lowest BCUT2D eigenvalue weighted by atomic mass is 9.91. The van der Waals surface area contributed by atoms with E-state index in [2.05, 4.69) is 36.0 Å². The Balaban J connectivity index is 1.42. The van der Waals surface area contributed by atoms with Crippen LogP contribution >= 0.6 is 0 Å². The molecule has 7 nitrogen and oxygen atoms in total. The lowest BCUT2D eigenvalue weighted by Crippen LogP contribution is -2.51. The number of carbonyl (C=O) groups excluding carboxylic acids is 1. The molecular formula is C29H27FN4O3S. The molecule has 5 rings (SSSR count). The number of amides is 1. The van der Waals surface area contributed by atoms with Crippen molar-refractivity contribution in [2.75, 3.05) is 13.1 Å². The Bertz CT molecular complexity index is 1660. The number of halogens is 1. The summed E-state index contributed by atoms with van der Waals surface area (Å²) in [5.41, 5.74) is 2.69. The van der Waals surface area contributed by atoms with Crippen molar-refractivity contribution in [1.29, 1.82) is 0 Å². The molecule has 38 heavy (non-hydrogen) atoms. The number of nitrogens with one attached hydrogen (secondary N) is 1. The molecule has 1 fully saturated rings. The number of fused-ring (bicyclic) bond motifs is 1. The lowest BCUT2D eigenvalue weighted by molar-refractivity contribution is 0.0950. The van der Waals surface area contributed by atoms with E-state index in [1.165, 1.54) is 46.8 Å². The Morgan fingerprint density at radius 2 is 1.84 bits per heavy atom. The molecule has 1 amide bonds. The summed E-state index contributed by atoms with van der Waals surface area (Å²) in [5.74, 6) is 5.77. The smallest absolute Gasteiger partial charge is 0.251 e. The van der Waals surface area contributed by atoms with E-state index in [1.54, 1.807) is 6.20 Å². The quantitative estimate of drug-likeness (QED) is 0.381. The molecule has 1 saturated heterocycles. The van der Waals surface area contributed by atoms with Gasteiger partial charge in [0.2, 0.25) is 10.0 Å². The third-order valence-corrected chi connectivity index (χ3v) is 8.67. The average molecular weight is 531 g/mol. The normalized spacial score (nSPS) is 14.2. The summed E-state index contributed by atoms with van der Waals surface area (Å²) in [4.78, 5) is 17.3. The first-order valence-corrected chi connectivity index (χ1v) is 13.8. The Labute approximate surface area is 221 Å². The zero-order chi connectivity index (χ0) is 26.9. The highest BCUT2D eigenvalue weighted by Gasteiger charge is 2.38. The average Bonchev–Trinajstić information content (AvgIpc) is 3.33. The van der Waals surface area contributed by atoms with Crippen molar-refractivity contribution in [3.05, 3.63) is 101 Å². The van der Waals surface area contributed by atoms with Gasteiger partial charge in [0.15, 0.2) is 0 Å². The molecule has 0 atom stereocenters. The summed E-state index contributed by atoms with van der Waals surface area (Å²) in [6, 6.07) is 13.8. The van der Waals surface area contributed by atoms with Gasteiger partial charge < -0.3 is 9.72 Å². The lowest BCUT2D eigenvalue weighted by Gasteiger charge is -2.40. The Morgan fingerprint density at radius 3 is 2.58 bits per heavy atom. The van der Waals surface area contributed by atoms with Crippen LogP contribution in [0.1, 0.15) is 40.9 Å². The van der Waals surface area contributed by atoms with Gasteiger partial charge in [0, 0.05) is 54.9 Å². The summed E-state index contributed by atoms with van der Waals surface area (Å²) in [6.07, 6.45) is 5.40. The minimum absolute atomic E-state index is 0.0515. The summed E-state index contributed by atoms with van der Waals surface area (Å²) >= 11 is 0. The number of benzene rings is 2. The fourth-order valence-electron chi connectivity index (χ4n) is 4.24. The van der Waals surface area contributed by atoms with Crippen molar-refractivity contribution >= 4 is 21.6 Å². The Kier molecular flexibility index (Phi) is 7.02.